The maximum absolute atomic E-state index is 13.0. The number of fused-ring (bicyclic) bond motifs is 1. The summed E-state index contributed by atoms with van der Waals surface area (Å²) in [5.74, 6) is 0.514. The standard InChI is InChI=1S/C24H23N5O/c30-24(26-18-9-11-19(12-10-18)29-15-5-2-6-16-29)20-13-14-25-23-21(20)27-22(28-23)17-7-3-1-4-8-17/h1,3-4,7-14H,2,5-6,15-16H2,(H,26,30)(H,25,27,28). The van der Waals surface area contributed by atoms with E-state index >= 15 is 0 Å². The van der Waals surface area contributed by atoms with Crippen LogP contribution in [0, 0.1) is 0 Å². The summed E-state index contributed by atoms with van der Waals surface area (Å²) in [6.07, 6.45) is 5.41. The normalized spacial score (nSPS) is 14.1. The molecular weight excluding hydrogens is 374 g/mol. The van der Waals surface area contributed by atoms with Crippen LogP contribution >= 0.6 is 0 Å². The summed E-state index contributed by atoms with van der Waals surface area (Å²) in [5.41, 5.74) is 4.62. The molecule has 0 aliphatic carbocycles. The Balaban J connectivity index is 1.37. The quantitative estimate of drug-likeness (QED) is 0.515. The van der Waals surface area contributed by atoms with Gasteiger partial charge in [-0.1, -0.05) is 30.3 Å². The van der Waals surface area contributed by atoms with Crippen molar-refractivity contribution >= 4 is 28.4 Å². The van der Waals surface area contributed by atoms with Crippen molar-refractivity contribution in [2.45, 2.75) is 19.3 Å². The largest absolute Gasteiger partial charge is 0.372 e. The molecule has 0 radical (unpaired) electrons. The first-order valence-electron chi connectivity index (χ1n) is 10.3. The molecule has 1 saturated heterocycles. The van der Waals surface area contributed by atoms with Crippen LogP contribution in [0.3, 0.4) is 0 Å². The molecule has 5 rings (SSSR count). The summed E-state index contributed by atoms with van der Waals surface area (Å²) in [6, 6.07) is 19.6. The number of piperidine rings is 1. The number of aromatic amines is 1. The Kier molecular flexibility index (Phi) is 4.89. The maximum atomic E-state index is 13.0. The van der Waals surface area contributed by atoms with Crippen LogP contribution in [0.15, 0.2) is 66.9 Å². The topological polar surface area (TPSA) is 73.9 Å². The van der Waals surface area contributed by atoms with Crippen LogP contribution in [0.4, 0.5) is 11.4 Å². The monoisotopic (exact) mass is 397 g/mol. The first-order chi connectivity index (χ1) is 14.8. The number of nitrogens with one attached hydrogen (secondary N) is 2. The third-order valence-corrected chi connectivity index (χ3v) is 5.53. The molecule has 0 atom stereocenters. The van der Waals surface area contributed by atoms with Crippen LogP contribution in [0.25, 0.3) is 22.6 Å². The first-order valence-corrected chi connectivity index (χ1v) is 10.3. The van der Waals surface area contributed by atoms with Gasteiger partial charge in [0.25, 0.3) is 5.91 Å². The van der Waals surface area contributed by atoms with Crippen LogP contribution in [0.5, 0.6) is 0 Å². The molecule has 30 heavy (non-hydrogen) atoms. The molecule has 2 aromatic carbocycles. The predicted molar refractivity (Wildman–Crippen MR) is 120 cm³/mol. The van der Waals surface area contributed by atoms with Gasteiger partial charge in [0.05, 0.1) is 11.1 Å². The van der Waals surface area contributed by atoms with Crippen LogP contribution < -0.4 is 10.2 Å². The van der Waals surface area contributed by atoms with E-state index in [0.717, 1.165) is 24.3 Å². The lowest BCUT2D eigenvalue weighted by Gasteiger charge is -2.28. The van der Waals surface area contributed by atoms with E-state index < -0.39 is 0 Å². The number of anilines is 2. The Morgan fingerprint density at radius 3 is 2.47 bits per heavy atom. The number of carbonyl (C=O) groups excluding carboxylic acids is 1. The maximum Gasteiger partial charge on any atom is 0.257 e. The molecule has 1 fully saturated rings. The summed E-state index contributed by atoms with van der Waals surface area (Å²) in [6.45, 7) is 2.20. The van der Waals surface area contributed by atoms with E-state index in [-0.39, 0.29) is 5.91 Å². The Labute approximate surface area is 175 Å². The number of H-pyrrole nitrogens is 1. The van der Waals surface area contributed by atoms with Gasteiger partial charge in [-0.2, -0.15) is 0 Å². The number of rotatable bonds is 4. The third kappa shape index (κ3) is 3.64. The van der Waals surface area contributed by atoms with Crippen molar-refractivity contribution in [3.63, 3.8) is 0 Å². The lowest BCUT2D eigenvalue weighted by molar-refractivity contribution is 0.102. The number of hydrogen-bond donors (Lipinski definition) is 2. The summed E-state index contributed by atoms with van der Waals surface area (Å²) < 4.78 is 0. The Morgan fingerprint density at radius 2 is 1.70 bits per heavy atom. The van der Waals surface area contributed by atoms with Crippen LogP contribution in [-0.2, 0) is 0 Å². The lowest BCUT2D eigenvalue weighted by atomic mass is 10.1. The Hall–Kier alpha value is -3.67. The van der Waals surface area contributed by atoms with Gasteiger partial charge in [-0.25, -0.2) is 9.97 Å². The second-order valence-corrected chi connectivity index (χ2v) is 7.56. The molecule has 2 aromatic heterocycles. The van der Waals surface area contributed by atoms with Crippen molar-refractivity contribution in [2.24, 2.45) is 0 Å². The highest BCUT2D eigenvalue weighted by atomic mass is 16.1. The fourth-order valence-corrected chi connectivity index (χ4v) is 3.94. The lowest BCUT2D eigenvalue weighted by Crippen LogP contribution is -2.29. The molecule has 150 valence electrons. The highest BCUT2D eigenvalue weighted by Gasteiger charge is 2.16. The molecule has 6 heteroatoms. The fraction of sp³-hybridized carbons (Fsp3) is 0.208. The number of nitrogens with zero attached hydrogens (tertiary/aromatic N) is 3. The zero-order chi connectivity index (χ0) is 20.3. The molecule has 1 amide bonds. The van der Waals surface area contributed by atoms with E-state index in [0.29, 0.717) is 22.6 Å². The molecule has 0 unspecified atom stereocenters. The van der Waals surface area contributed by atoms with Crippen molar-refractivity contribution < 1.29 is 4.79 Å². The van der Waals surface area contributed by atoms with Crippen LogP contribution in [0.1, 0.15) is 29.6 Å². The SMILES string of the molecule is O=C(Nc1ccc(N2CCCCC2)cc1)c1ccnc2nc(-c3ccccc3)[nH]c12. The highest BCUT2D eigenvalue weighted by molar-refractivity contribution is 6.11. The van der Waals surface area contributed by atoms with Gasteiger partial charge in [-0.3, -0.25) is 4.79 Å². The highest BCUT2D eigenvalue weighted by Crippen LogP contribution is 2.24. The van der Waals surface area contributed by atoms with Gasteiger partial charge in [0.2, 0.25) is 0 Å². The van der Waals surface area contributed by atoms with E-state index in [1.807, 2.05) is 42.5 Å². The Bertz CT molecular complexity index is 1160. The number of imidazole rings is 1. The van der Waals surface area contributed by atoms with Crippen molar-refractivity contribution in [3.8, 4) is 11.4 Å². The van der Waals surface area contributed by atoms with E-state index in [1.165, 1.54) is 24.9 Å². The molecule has 0 bridgehead atoms. The van der Waals surface area contributed by atoms with Crippen LogP contribution in [0.2, 0.25) is 0 Å². The molecule has 1 aliphatic heterocycles. The van der Waals surface area contributed by atoms with Gasteiger partial charge in [-0.15, -0.1) is 0 Å². The van der Waals surface area contributed by atoms with Gasteiger partial charge in [0.15, 0.2) is 5.65 Å². The number of benzene rings is 2. The summed E-state index contributed by atoms with van der Waals surface area (Å²) in [5, 5.41) is 3.00. The molecule has 4 aromatic rings. The molecule has 0 saturated carbocycles. The number of amides is 1. The minimum absolute atomic E-state index is 0.184. The first kappa shape index (κ1) is 18.4. The second-order valence-electron chi connectivity index (χ2n) is 7.56. The Morgan fingerprint density at radius 1 is 0.933 bits per heavy atom. The summed E-state index contributed by atoms with van der Waals surface area (Å²) in [4.78, 5) is 27.5. The van der Waals surface area contributed by atoms with Gasteiger partial charge in [0, 0.05) is 36.2 Å². The summed E-state index contributed by atoms with van der Waals surface area (Å²) >= 11 is 0. The number of pyridine rings is 1. The zero-order valence-corrected chi connectivity index (χ0v) is 16.6. The zero-order valence-electron chi connectivity index (χ0n) is 16.6. The van der Waals surface area contributed by atoms with Crippen molar-refractivity contribution in [1.82, 2.24) is 15.0 Å². The predicted octanol–water partition coefficient (Wildman–Crippen LogP) is 4.87. The minimum atomic E-state index is -0.184. The number of hydrogen-bond acceptors (Lipinski definition) is 4. The van der Waals surface area contributed by atoms with Crippen molar-refractivity contribution in [1.29, 1.82) is 0 Å². The van der Waals surface area contributed by atoms with Crippen LogP contribution in [-0.4, -0.2) is 33.9 Å². The second kappa shape index (κ2) is 7.99. The summed E-state index contributed by atoms with van der Waals surface area (Å²) in [7, 11) is 0. The molecule has 0 spiro atoms. The van der Waals surface area contributed by atoms with Gasteiger partial charge < -0.3 is 15.2 Å². The van der Waals surface area contributed by atoms with Gasteiger partial charge in [0.1, 0.15) is 5.82 Å². The fourth-order valence-electron chi connectivity index (χ4n) is 3.94. The van der Waals surface area contributed by atoms with E-state index in [4.69, 9.17) is 0 Å². The smallest absolute Gasteiger partial charge is 0.257 e. The molecule has 6 nitrogen and oxygen atoms in total. The van der Waals surface area contributed by atoms with E-state index in [2.05, 4.69) is 37.3 Å². The van der Waals surface area contributed by atoms with Gasteiger partial charge >= 0.3 is 0 Å². The minimum Gasteiger partial charge on any atom is -0.372 e. The molecular formula is C24H23N5O. The van der Waals surface area contributed by atoms with Gasteiger partial charge in [-0.05, 0) is 49.6 Å². The molecule has 2 N–H and O–H groups in total. The van der Waals surface area contributed by atoms with Crippen molar-refractivity contribution in [3.05, 3.63) is 72.4 Å². The van der Waals surface area contributed by atoms with Crippen molar-refractivity contribution in [2.75, 3.05) is 23.3 Å². The average Bonchev–Trinajstić information content (AvgIpc) is 3.25. The third-order valence-electron chi connectivity index (χ3n) is 5.53. The van der Waals surface area contributed by atoms with E-state index in [9.17, 15) is 4.79 Å². The van der Waals surface area contributed by atoms with E-state index in [1.54, 1.807) is 12.3 Å². The number of aromatic nitrogens is 3. The molecule has 1 aliphatic rings. The number of carbonyl (C=O) groups is 1. The molecule has 3 heterocycles. The average molecular weight is 397 g/mol.